The summed E-state index contributed by atoms with van der Waals surface area (Å²) in [4.78, 5) is 56.1. The minimum atomic E-state index is -0.837. The number of nitrogens with zero attached hydrogens (tertiary/aromatic N) is 4. The van der Waals surface area contributed by atoms with Crippen LogP contribution >= 0.6 is 0 Å². The summed E-state index contributed by atoms with van der Waals surface area (Å²) in [5, 5.41) is 10.0. The summed E-state index contributed by atoms with van der Waals surface area (Å²) >= 11 is 0. The highest BCUT2D eigenvalue weighted by atomic mass is 16.2. The number of imide groups is 1. The van der Waals surface area contributed by atoms with E-state index < -0.39 is 23.4 Å². The van der Waals surface area contributed by atoms with Crippen molar-refractivity contribution in [3.8, 4) is 16.9 Å². The van der Waals surface area contributed by atoms with Gasteiger partial charge in [-0.25, -0.2) is 9.67 Å². The monoisotopic (exact) mass is 546 g/mol. The molecule has 3 heterocycles. The lowest BCUT2D eigenvalue weighted by atomic mass is 10.0. The van der Waals surface area contributed by atoms with E-state index in [-0.39, 0.29) is 24.1 Å². The number of hydrogen-bond donors (Lipinski definition) is 2. The third-order valence-electron chi connectivity index (χ3n) is 7.22. The minimum absolute atomic E-state index is 0.135. The van der Waals surface area contributed by atoms with Crippen LogP contribution in [0.15, 0.2) is 83.8 Å². The second-order valence-corrected chi connectivity index (χ2v) is 9.98. The van der Waals surface area contributed by atoms with E-state index in [0.29, 0.717) is 28.3 Å². The van der Waals surface area contributed by atoms with Gasteiger partial charge in [-0.1, -0.05) is 54.1 Å². The van der Waals surface area contributed by atoms with Crippen LogP contribution in [0.2, 0.25) is 0 Å². The highest BCUT2D eigenvalue weighted by Crippen LogP contribution is 2.29. The molecule has 1 saturated heterocycles. The van der Waals surface area contributed by atoms with Gasteiger partial charge < -0.3 is 5.32 Å². The topological polar surface area (TPSA) is 128 Å². The van der Waals surface area contributed by atoms with Gasteiger partial charge in [0.1, 0.15) is 17.4 Å². The minimum Gasteiger partial charge on any atom is -0.320 e. The molecule has 6 rings (SSSR count). The van der Waals surface area contributed by atoms with E-state index in [1.807, 2.05) is 61.5 Å². The molecule has 0 saturated carbocycles. The van der Waals surface area contributed by atoms with Crippen molar-refractivity contribution in [2.75, 3.05) is 5.32 Å². The lowest BCUT2D eigenvalue weighted by molar-refractivity contribution is -0.135. The van der Waals surface area contributed by atoms with Gasteiger partial charge in [0.05, 0.1) is 34.2 Å². The molecule has 0 spiro atoms. The average molecular weight is 547 g/mol. The van der Waals surface area contributed by atoms with Crippen LogP contribution in [0.4, 0.5) is 5.69 Å². The zero-order chi connectivity index (χ0) is 28.7. The van der Waals surface area contributed by atoms with E-state index in [1.165, 1.54) is 10.8 Å². The summed E-state index contributed by atoms with van der Waals surface area (Å²) in [5.41, 5.74) is 3.92. The Bertz CT molecular complexity index is 1890. The van der Waals surface area contributed by atoms with Crippen LogP contribution in [0.3, 0.4) is 0 Å². The quantitative estimate of drug-likeness (QED) is 0.320. The molecule has 2 N–H and O–H groups in total. The Balaban J connectivity index is 1.41. The van der Waals surface area contributed by atoms with Crippen molar-refractivity contribution in [1.29, 1.82) is 0 Å². The molecule has 2 aromatic heterocycles. The standard InChI is InChI=1S/C31H26N6O4/c1-18-11-13-20(14-12-18)28-23(17-32-37(28)21-7-4-3-5-8-21)29(39)34-24-10-6-9-22-27(24)33-19(2)36(31(22)41)25-15-16-26(38)35-30(25)40/h3-14,17,25H,15-16H2,1-2H3,(H,34,39)(H,35,38,40). The van der Waals surface area contributed by atoms with Crippen molar-refractivity contribution in [1.82, 2.24) is 24.6 Å². The lowest BCUT2D eigenvalue weighted by Crippen LogP contribution is -2.45. The van der Waals surface area contributed by atoms with Gasteiger partial charge in [0.15, 0.2) is 0 Å². The number of aromatic nitrogens is 4. The molecule has 5 aromatic rings. The Kier molecular flexibility index (Phi) is 6.50. The third kappa shape index (κ3) is 4.69. The van der Waals surface area contributed by atoms with E-state index >= 15 is 0 Å². The van der Waals surface area contributed by atoms with Gasteiger partial charge >= 0.3 is 0 Å². The fourth-order valence-electron chi connectivity index (χ4n) is 5.18. The van der Waals surface area contributed by atoms with Crippen LogP contribution in [0.5, 0.6) is 0 Å². The number of amides is 3. The normalized spacial score (nSPS) is 15.1. The van der Waals surface area contributed by atoms with Crippen LogP contribution in [0.1, 0.15) is 40.6 Å². The first-order chi connectivity index (χ1) is 19.8. The van der Waals surface area contributed by atoms with E-state index in [9.17, 15) is 19.2 Å². The SMILES string of the molecule is Cc1ccc(-c2c(C(=O)Nc3cccc4c(=O)n(C5CCC(=O)NC5=O)c(C)nc34)cnn2-c2ccccc2)cc1. The number of piperidine rings is 1. The van der Waals surface area contributed by atoms with Gasteiger partial charge in [-0.3, -0.25) is 29.1 Å². The number of fused-ring (bicyclic) bond motifs is 1. The molecule has 1 fully saturated rings. The fourth-order valence-corrected chi connectivity index (χ4v) is 5.18. The molecule has 0 aliphatic carbocycles. The van der Waals surface area contributed by atoms with Crippen LogP contribution in [-0.2, 0) is 9.59 Å². The summed E-state index contributed by atoms with van der Waals surface area (Å²) in [5.74, 6) is -1.01. The Morgan fingerprint density at radius 1 is 0.951 bits per heavy atom. The number of aryl methyl sites for hydroxylation is 2. The van der Waals surface area contributed by atoms with Crippen LogP contribution in [0, 0.1) is 13.8 Å². The smallest absolute Gasteiger partial charge is 0.262 e. The van der Waals surface area contributed by atoms with Crippen LogP contribution < -0.4 is 16.2 Å². The molecule has 3 amide bonds. The number of carbonyl (C=O) groups excluding carboxylic acids is 3. The van der Waals surface area contributed by atoms with Gasteiger partial charge in [-0.05, 0) is 44.5 Å². The van der Waals surface area contributed by atoms with E-state index in [0.717, 1.165) is 16.8 Å². The van der Waals surface area contributed by atoms with Crippen molar-refractivity contribution < 1.29 is 14.4 Å². The molecule has 1 aliphatic heterocycles. The zero-order valence-electron chi connectivity index (χ0n) is 22.4. The summed E-state index contributed by atoms with van der Waals surface area (Å²) in [6, 6.07) is 21.5. The van der Waals surface area contributed by atoms with Crippen molar-refractivity contribution in [2.45, 2.75) is 32.7 Å². The zero-order valence-corrected chi connectivity index (χ0v) is 22.4. The maximum Gasteiger partial charge on any atom is 0.262 e. The number of anilines is 1. The van der Waals surface area contributed by atoms with Crippen molar-refractivity contribution >= 4 is 34.3 Å². The molecule has 0 bridgehead atoms. The molecular formula is C31H26N6O4. The maximum absolute atomic E-state index is 13.8. The Hall–Kier alpha value is -5.38. The molecule has 3 aromatic carbocycles. The molecule has 1 aliphatic rings. The molecule has 1 unspecified atom stereocenters. The van der Waals surface area contributed by atoms with Gasteiger partial charge in [0.25, 0.3) is 11.5 Å². The summed E-state index contributed by atoms with van der Waals surface area (Å²) in [7, 11) is 0. The molecular weight excluding hydrogens is 520 g/mol. The second kappa shape index (κ2) is 10.3. The molecule has 10 heteroatoms. The van der Waals surface area contributed by atoms with Crippen molar-refractivity contribution in [3.05, 3.63) is 106 Å². The molecule has 1 atom stereocenters. The van der Waals surface area contributed by atoms with E-state index in [2.05, 4.69) is 20.7 Å². The Morgan fingerprint density at radius 3 is 2.44 bits per heavy atom. The predicted octanol–water partition coefficient (Wildman–Crippen LogP) is 4.10. The molecule has 0 radical (unpaired) electrons. The van der Waals surface area contributed by atoms with Gasteiger partial charge in [-0.2, -0.15) is 5.10 Å². The first kappa shape index (κ1) is 25.9. The number of benzene rings is 3. The van der Waals surface area contributed by atoms with Crippen LogP contribution in [-0.4, -0.2) is 37.1 Å². The lowest BCUT2D eigenvalue weighted by Gasteiger charge is -2.24. The average Bonchev–Trinajstić information content (AvgIpc) is 3.41. The predicted molar refractivity (Wildman–Crippen MR) is 154 cm³/mol. The fraction of sp³-hybridized carbons (Fsp3) is 0.161. The first-order valence-corrected chi connectivity index (χ1v) is 13.2. The number of hydrogen-bond acceptors (Lipinski definition) is 6. The number of rotatable bonds is 5. The Labute approximate surface area is 234 Å². The first-order valence-electron chi connectivity index (χ1n) is 13.2. The molecule has 204 valence electrons. The third-order valence-corrected chi connectivity index (χ3v) is 7.22. The van der Waals surface area contributed by atoms with Crippen molar-refractivity contribution in [2.24, 2.45) is 0 Å². The summed E-state index contributed by atoms with van der Waals surface area (Å²) in [6.07, 6.45) is 1.87. The highest BCUT2D eigenvalue weighted by molar-refractivity contribution is 6.11. The largest absolute Gasteiger partial charge is 0.320 e. The number of nitrogens with one attached hydrogen (secondary N) is 2. The van der Waals surface area contributed by atoms with Gasteiger partial charge in [0.2, 0.25) is 11.8 Å². The van der Waals surface area contributed by atoms with E-state index in [4.69, 9.17) is 0 Å². The number of carbonyl (C=O) groups is 3. The molecule has 41 heavy (non-hydrogen) atoms. The summed E-state index contributed by atoms with van der Waals surface area (Å²) in [6.45, 7) is 3.62. The van der Waals surface area contributed by atoms with Crippen LogP contribution in [0.25, 0.3) is 27.8 Å². The Morgan fingerprint density at radius 2 is 1.71 bits per heavy atom. The van der Waals surface area contributed by atoms with Gasteiger partial charge in [-0.15, -0.1) is 0 Å². The molecule has 10 nitrogen and oxygen atoms in total. The van der Waals surface area contributed by atoms with E-state index in [1.54, 1.807) is 29.8 Å². The highest BCUT2D eigenvalue weighted by Gasteiger charge is 2.31. The van der Waals surface area contributed by atoms with Gasteiger partial charge in [0, 0.05) is 12.0 Å². The summed E-state index contributed by atoms with van der Waals surface area (Å²) < 4.78 is 3.04. The number of para-hydroxylation sites is 2. The maximum atomic E-state index is 13.8. The van der Waals surface area contributed by atoms with Crippen molar-refractivity contribution in [3.63, 3.8) is 0 Å². The second-order valence-electron chi connectivity index (χ2n) is 9.98.